The topological polar surface area (TPSA) is 127 Å². The van der Waals surface area contributed by atoms with Crippen molar-refractivity contribution in [1.29, 1.82) is 0 Å². The fraction of sp³-hybridized carbons (Fsp3) is 0.200. The normalized spacial score (nSPS) is 15.5. The van der Waals surface area contributed by atoms with E-state index >= 15 is 0 Å². The van der Waals surface area contributed by atoms with Gasteiger partial charge in [0.2, 0.25) is 6.10 Å². The summed E-state index contributed by atoms with van der Waals surface area (Å²) in [5.41, 5.74) is -2.87. The predicted molar refractivity (Wildman–Crippen MR) is 64.0 cm³/mol. The number of nitrogens with one attached hydrogen (secondary N) is 1. The standard InChI is InChI=1S/C10H10BrNO6/c11-5-1-3-6(4-2-5)12-10(18,9(16)17)7(13)8(14)15/h1-4,7,12-13,18H,(H,14,15)(H,16,17). The monoisotopic (exact) mass is 319 g/mol. The summed E-state index contributed by atoms with van der Waals surface area (Å²) in [6.07, 6.45) is -2.52. The van der Waals surface area contributed by atoms with Gasteiger partial charge in [0, 0.05) is 10.2 Å². The number of halogens is 1. The van der Waals surface area contributed by atoms with E-state index in [-0.39, 0.29) is 5.69 Å². The molecular weight excluding hydrogens is 310 g/mol. The van der Waals surface area contributed by atoms with Crippen LogP contribution in [0.15, 0.2) is 28.7 Å². The number of benzene rings is 1. The Morgan fingerprint density at radius 3 is 2.11 bits per heavy atom. The van der Waals surface area contributed by atoms with Gasteiger partial charge in [-0.3, -0.25) is 0 Å². The number of rotatable bonds is 5. The highest BCUT2D eigenvalue weighted by atomic mass is 79.9. The van der Waals surface area contributed by atoms with Gasteiger partial charge in [-0.1, -0.05) is 15.9 Å². The third kappa shape index (κ3) is 2.97. The Morgan fingerprint density at radius 2 is 1.72 bits per heavy atom. The van der Waals surface area contributed by atoms with E-state index in [9.17, 15) is 19.8 Å². The van der Waals surface area contributed by atoms with E-state index in [2.05, 4.69) is 21.2 Å². The zero-order chi connectivity index (χ0) is 13.9. The van der Waals surface area contributed by atoms with Gasteiger partial charge >= 0.3 is 11.9 Å². The van der Waals surface area contributed by atoms with Crippen LogP contribution in [0.25, 0.3) is 0 Å². The predicted octanol–water partition coefficient (Wildman–Crippen LogP) is 0.0797. The van der Waals surface area contributed by atoms with Gasteiger partial charge in [-0.2, -0.15) is 0 Å². The van der Waals surface area contributed by atoms with Crippen LogP contribution in [0, 0.1) is 0 Å². The molecule has 1 rings (SSSR count). The SMILES string of the molecule is O=C(O)C(O)C(O)(Nc1ccc(Br)cc1)C(=O)O. The largest absolute Gasteiger partial charge is 0.479 e. The van der Waals surface area contributed by atoms with Crippen LogP contribution >= 0.6 is 15.9 Å². The Labute approximate surface area is 110 Å². The molecule has 1 aromatic rings. The van der Waals surface area contributed by atoms with Crippen LogP contribution in [0.2, 0.25) is 0 Å². The van der Waals surface area contributed by atoms with Crippen LogP contribution in [0.1, 0.15) is 0 Å². The first-order valence-electron chi connectivity index (χ1n) is 4.67. The summed E-state index contributed by atoms with van der Waals surface area (Å²) in [6, 6.07) is 5.93. The second kappa shape index (κ2) is 5.34. The minimum Gasteiger partial charge on any atom is -0.479 e. The van der Waals surface area contributed by atoms with Crippen LogP contribution in [0.5, 0.6) is 0 Å². The van der Waals surface area contributed by atoms with Gasteiger partial charge in [-0.15, -0.1) is 0 Å². The molecule has 0 fully saturated rings. The minimum atomic E-state index is -3.01. The fourth-order valence-electron chi connectivity index (χ4n) is 1.17. The van der Waals surface area contributed by atoms with E-state index in [1.807, 2.05) is 0 Å². The first-order valence-corrected chi connectivity index (χ1v) is 5.47. The molecule has 98 valence electrons. The number of aliphatic hydroxyl groups excluding tert-OH is 1. The van der Waals surface area contributed by atoms with Gasteiger partial charge in [-0.25, -0.2) is 9.59 Å². The van der Waals surface area contributed by atoms with Crippen LogP contribution in [0.3, 0.4) is 0 Å². The first kappa shape index (κ1) is 14.4. The van der Waals surface area contributed by atoms with Gasteiger partial charge in [0.15, 0.2) is 0 Å². The Hall–Kier alpha value is -1.64. The summed E-state index contributed by atoms with van der Waals surface area (Å²) in [5.74, 6) is -3.76. The van der Waals surface area contributed by atoms with Crippen molar-refractivity contribution in [3.63, 3.8) is 0 Å². The lowest BCUT2D eigenvalue weighted by Crippen LogP contribution is -2.58. The van der Waals surface area contributed by atoms with E-state index in [0.29, 0.717) is 4.47 Å². The second-order valence-electron chi connectivity index (χ2n) is 3.44. The summed E-state index contributed by atoms with van der Waals surface area (Å²) in [5, 5.41) is 38.4. The number of hydrogen-bond donors (Lipinski definition) is 5. The molecule has 0 radical (unpaired) electrons. The summed E-state index contributed by atoms with van der Waals surface area (Å²) in [4.78, 5) is 21.5. The summed E-state index contributed by atoms with van der Waals surface area (Å²) < 4.78 is 0.714. The first-order chi connectivity index (χ1) is 8.27. The van der Waals surface area contributed by atoms with E-state index in [1.165, 1.54) is 12.1 Å². The van der Waals surface area contributed by atoms with Gasteiger partial charge in [0.1, 0.15) is 0 Å². The van der Waals surface area contributed by atoms with Gasteiger partial charge in [0.25, 0.3) is 5.72 Å². The molecule has 0 saturated heterocycles. The molecule has 8 heteroatoms. The molecule has 18 heavy (non-hydrogen) atoms. The average molecular weight is 320 g/mol. The Morgan fingerprint density at radius 1 is 1.22 bits per heavy atom. The molecular formula is C10H10BrNO6. The molecule has 2 atom stereocenters. The van der Waals surface area contributed by atoms with Crippen LogP contribution in [0.4, 0.5) is 5.69 Å². The van der Waals surface area contributed by atoms with E-state index in [4.69, 9.17) is 10.2 Å². The highest BCUT2D eigenvalue weighted by Gasteiger charge is 2.48. The maximum absolute atomic E-state index is 10.9. The van der Waals surface area contributed by atoms with Crippen LogP contribution in [-0.4, -0.2) is 44.2 Å². The van der Waals surface area contributed by atoms with E-state index in [1.54, 1.807) is 12.1 Å². The molecule has 7 nitrogen and oxygen atoms in total. The number of anilines is 1. The molecule has 0 aliphatic heterocycles. The molecule has 0 saturated carbocycles. The number of aliphatic hydroxyl groups is 2. The lowest BCUT2D eigenvalue weighted by molar-refractivity contribution is -0.178. The molecule has 0 bridgehead atoms. The molecule has 0 aliphatic rings. The van der Waals surface area contributed by atoms with Gasteiger partial charge in [0.05, 0.1) is 0 Å². The van der Waals surface area contributed by atoms with Crippen molar-refractivity contribution in [2.75, 3.05) is 5.32 Å². The van der Waals surface area contributed by atoms with Crippen molar-refractivity contribution in [2.24, 2.45) is 0 Å². The Kier molecular flexibility index (Phi) is 4.28. The van der Waals surface area contributed by atoms with Crippen molar-refractivity contribution in [2.45, 2.75) is 11.8 Å². The molecule has 5 N–H and O–H groups in total. The van der Waals surface area contributed by atoms with E-state index in [0.717, 1.165) is 0 Å². The second-order valence-corrected chi connectivity index (χ2v) is 4.36. The number of carboxylic acids is 2. The third-order valence-electron chi connectivity index (χ3n) is 2.13. The zero-order valence-corrected chi connectivity index (χ0v) is 10.5. The molecule has 0 spiro atoms. The molecule has 1 aromatic carbocycles. The van der Waals surface area contributed by atoms with Crippen LogP contribution in [-0.2, 0) is 9.59 Å². The van der Waals surface area contributed by atoms with Crippen molar-refractivity contribution in [3.8, 4) is 0 Å². The van der Waals surface area contributed by atoms with Gasteiger partial charge < -0.3 is 25.7 Å². The highest BCUT2D eigenvalue weighted by Crippen LogP contribution is 2.20. The molecule has 0 amide bonds. The zero-order valence-electron chi connectivity index (χ0n) is 8.87. The van der Waals surface area contributed by atoms with E-state index < -0.39 is 23.8 Å². The molecule has 2 unspecified atom stereocenters. The third-order valence-corrected chi connectivity index (χ3v) is 2.66. The van der Waals surface area contributed by atoms with Crippen LogP contribution < -0.4 is 5.32 Å². The summed E-state index contributed by atoms with van der Waals surface area (Å²) in [6.45, 7) is 0. The van der Waals surface area contributed by atoms with Gasteiger partial charge in [-0.05, 0) is 24.3 Å². The lowest BCUT2D eigenvalue weighted by atomic mass is 10.1. The molecule has 0 aromatic heterocycles. The molecule has 0 aliphatic carbocycles. The van der Waals surface area contributed by atoms with Crippen molar-refractivity contribution in [1.82, 2.24) is 0 Å². The minimum absolute atomic E-state index is 0.142. The van der Waals surface area contributed by atoms with Crippen molar-refractivity contribution in [3.05, 3.63) is 28.7 Å². The summed E-state index contributed by atoms with van der Waals surface area (Å²) in [7, 11) is 0. The average Bonchev–Trinajstić information content (AvgIpc) is 2.30. The smallest absolute Gasteiger partial charge is 0.360 e. The van der Waals surface area contributed by atoms with Crippen molar-refractivity contribution < 1.29 is 30.0 Å². The number of aliphatic carboxylic acids is 2. The highest BCUT2D eigenvalue weighted by molar-refractivity contribution is 9.10. The molecule has 0 heterocycles. The number of carboxylic acid groups (broad SMARTS) is 2. The quantitative estimate of drug-likeness (QED) is 0.486. The fourth-order valence-corrected chi connectivity index (χ4v) is 1.44. The number of carbonyl (C=O) groups is 2. The van der Waals surface area contributed by atoms with Crippen molar-refractivity contribution >= 4 is 33.6 Å². The summed E-state index contributed by atoms with van der Waals surface area (Å²) >= 11 is 3.16. The maximum atomic E-state index is 10.9. The number of hydrogen-bond acceptors (Lipinski definition) is 5. The Bertz CT molecular complexity index is 462. The maximum Gasteiger partial charge on any atom is 0.360 e. The Balaban J connectivity index is 3.03. The lowest BCUT2D eigenvalue weighted by Gasteiger charge is -2.27.